The van der Waals surface area contributed by atoms with E-state index in [9.17, 15) is 19.7 Å². The molecule has 1 atom stereocenters. The van der Waals surface area contributed by atoms with Crippen LogP contribution in [0.25, 0.3) is 12.2 Å². The monoisotopic (exact) mass is 375 g/mol. The molecule has 2 N–H and O–H groups in total. The van der Waals surface area contributed by atoms with Gasteiger partial charge >= 0.3 is 16.9 Å². The van der Waals surface area contributed by atoms with E-state index in [0.29, 0.717) is 23.7 Å². The maximum atomic E-state index is 11.6. The summed E-state index contributed by atoms with van der Waals surface area (Å²) in [6.45, 7) is 6.25. The number of nitro groups is 1. The summed E-state index contributed by atoms with van der Waals surface area (Å²) in [4.78, 5) is 37.4. The molecule has 144 valence electrons. The van der Waals surface area contributed by atoms with Crippen LogP contribution in [0, 0.1) is 10.1 Å². The second-order valence-electron chi connectivity index (χ2n) is 5.74. The van der Waals surface area contributed by atoms with E-state index in [0.717, 1.165) is 6.42 Å². The van der Waals surface area contributed by atoms with E-state index in [1.165, 1.54) is 12.2 Å². The molecule has 0 aliphatic carbocycles. The Bertz CT molecular complexity index is 960. The molecule has 27 heavy (non-hydrogen) atoms. The molecule has 0 unspecified atom stereocenters. The molecular formula is C18H21N3O6. The third-order valence-electron chi connectivity index (χ3n) is 3.74. The summed E-state index contributed by atoms with van der Waals surface area (Å²) in [6.07, 6.45) is 3.70. The van der Waals surface area contributed by atoms with Gasteiger partial charge in [-0.2, -0.15) is 0 Å². The van der Waals surface area contributed by atoms with Gasteiger partial charge in [-0.25, -0.2) is 4.79 Å². The predicted molar refractivity (Wildman–Crippen MR) is 101 cm³/mol. The first-order chi connectivity index (χ1) is 12.8. The van der Waals surface area contributed by atoms with E-state index >= 15 is 0 Å². The van der Waals surface area contributed by atoms with Gasteiger partial charge in [-0.1, -0.05) is 19.1 Å². The van der Waals surface area contributed by atoms with Crippen LogP contribution in [0.2, 0.25) is 0 Å². The van der Waals surface area contributed by atoms with Crippen molar-refractivity contribution < 1.29 is 14.4 Å². The lowest BCUT2D eigenvalue weighted by Crippen LogP contribution is -2.25. The van der Waals surface area contributed by atoms with Crippen molar-refractivity contribution in [2.75, 3.05) is 6.61 Å². The molecule has 1 heterocycles. The largest absolute Gasteiger partial charge is 0.490 e. The number of hydrogen-bond donors (Lipinski definition) is 2. The Morgan fingerprint density at radius 1 is 1.19 bits per heavy atom. The standard InChI is InChI=1S/C18H21N3O6/c1-4-11(3)27-14-9-7-12(10-15(14)26-5-2)6-8-13-16(21(24)25)17(22)20-18(23)19-13/h6-11H,4-5H2,1-3H3,(H2,19,20,22,23)/t11-/m1/s1. The van der Waals surface area contributed by atoms with E-state index in [1.54, 1.807) is 18.2 Å². The van der Waals surface area contributed by atoms with Gasteiger partial charge in [0.1, 0.15) is 5.69 Å². The smallest absolute Gasteiger partial charge is 0.357 e. The topological polar surface area (TPSA) is 127 Å². The molecule has 0 aliphatic rings. The van der Waals surface area contributed by atoms with Crippen LogP contribution in [0.5, 0.6) is 11.5 Å². The number of hydrogen-bond acceptors (Lipinski definition) is 6. The summed E-state index contributed by atoms with van der Waals surface area (Å²) in [5, 5.41) is 11.1. The van der Waals surface area contributed by atoms with Crippen molar-refractivity contribution in [2.45, 2.75) is 33.3 Å². The van der Waals surface area contributed by atoms with Crippen LogP contribution in [0.3, 0.4) is 0 Å². The Kier molecular flexibility index (Phi) is 6.53. The quantitative estimate of drug-likeness (QED) is 0.539. The third-order valence-corrected chi connectivity index (χ3v) is 3.74. The Labute approximate surface area is 154 Å². The number of ether oxygens (including phenoxy) is 2. The van der Waals surface area contributed by atoms with Gasteiger partial charge in [0.15, 0.2) is 11.5 Å². The zero-order chi connectivity index (χ0) is 20.0. The van der Waals surface area contributed by atoms with Crippen LogP contribution in [0.15, 0.2) is 27.8 Å². The SMILES string of the molecule is CCOc1cc(C=Cc2[nH]c(=O)[nH]c(=O)c2[N+](=O)[O-])ccc1O[C@H](C)CC. The van der Waals surface area contributed by atoms with Crippen LogP contribution in [-0.4, -0.2) is 27.6 Å². The van der Waals surface area contributed by atoms with Crippen LogP contribution >= 0.6 is 0 Å². The summed E-state index contributed by atoms with van der Waals surface area (Å²) in [5.74, 6) is 1.13. The molecular weight excluding hydrogens is 354 g/mol. The predicted octanol–water partition coefficient (Wildman–Crippen LogP) is 2.72. The van der Waals surface area contributed by atoms with Gasteiger partial charge in [-0.05, 0) is 44.0 Å². The summed E-state index contributed by atoms with van der Waals surface area (Å²) < 4.78 is 11.4. The second kappa shape index (κ2) is 8.84. The van der Waals surface area contributed by atoms with Gasteiger partial charge in [0, 0.05) is 0 Å². The van der Waals surface area contributed by atoms with Crippen molar-refractivity contribution in [3.05, 3.63) is 60.4 Å². The van der Waals surface area contributed by atoms with Gasteiger partial charge in [0.2, 0.25) is 0 Å². The van der Waals surface area contributed by atoms with E-state index in [4.69, 9.17) is 9.47 Å². The van der Waals surface area contributed by atoms with Crippen LogP contribution < -0.4 is 20.7 Å². The summed E-state index contributed by atoms with van der Waals surface area (Å²) in [5.41, 5.74) is -2.14. The minimum Gasteiger partial charge on any atom is -0.490 e. The van der Waals surface area contributed by atoms with Crippen molar-refractivity contribution in [1.82, 2.24) is 9.97 Å². The normalized spacial score (nSPS) is 12.1. The van der Waals surface area contributed by atoms with Crippen LogP contribution in [0.4, 0.5) is 5.69 Å². The summed E-state index contributed by atoms with van der Waals surface area (Å²) in [6, 6.07) is 5.20. The maximum absolute atomic E-state index is 11.6. The highest BCUT2D eigenvalue weighted by atomic mass is 16.6. The van der Waals surface area contributed by atoms with Crippen LogP contribution in [0.1, 0.15) is 38.4 Å². The molecule has 0 saturated heterocycles. The van der Waals surface area contributed by atoms with Gasteiger partial charge in [0.25, 0.3) is 0 Å². The van der Waals surface area contributed by atoms with Crippen molar-refractivity contribution >= 4 is 17.8 Å². The van der Waals surface area contributed by atoms with Gasteiger partial charge in [-0.15, -0.1) is 0 Å². The number of rotatable bonds is 8. The highest BCUT2D eigenvalue weighted by Gasteiger charge is 2.18. The Balaban J connectivity index is 2.40. The maximum Gasteiger partial charge on any atom is 0.357 e. The van der Waals surface area contributed by atoms with Gasteiger partial charge < -0.3 is 14.5 Å². The number of aromatic amines is 2. The van der Waals surface area contributed by atoms with Gasteiger partial charge in [-0.3, -0.25) is 19.9 Å². The molecule has 9 heteroatoms. The lowest BCUT2D eigenvalue weighted by atomic mass is 10.1. The molecule has 0 bridgehead atoms. The highest BCUT2D eigenvalue weighted by Crippen LogP contribution is 2.30. The molecule has 0 spiro atoms. The minimum atomic E-state index is -1.06. The van der Waals surface area contributed by atoms with Crippen molar-refractivity contribution in [1.29, 1.82) is 0 Å². The second-order valence-corrected chi connectivity index (χ2v) is 5.74. The van der Waals surface area contributed by atoms with E-state index in [-0.39, 0.29) is 11.8 Å². The zero-order valence-electron chi connectivity index (χ0n) is 15.3. The van der Waals surface area contributed by atoms with Crippen molar-refractivity contribution in [3.63, 3.8) is 0 Å². The first-order valence-corrected chi connectivity index (χ1v) is 8.48. The number of H-pyrrole nitrogens is 2. The van der Waals surface area contributed by atoms with E-state index < -0.39 is 21.9 Å². The van der Waals surface area contributed by atoms with Gasteiger partial charge in [0.05, 0.1) is 17.6 Å². The summed E-state index contributed by atoms with van der Waals surface area (Å²) >= 11 is 0. The fraction of sp³-hybridized carbons (Fsp3) is 0.333. The number of nitrogens with one attached hydrogen (secondary N) is 2. The fourth-order valence-electron chi connectivity index (χ4n) is 2.27. The number of nitrogens with zero attached hydrogens (tertiary/aromatic N) is 1. The molecule has 0 amide bonds. The molecule has 0 saturated carbocycles. The third kappa shape index (κ3) is 5.06. The van der Waals surface area contributed by atoms with E-state index in [1.807, 2.05) is 25.8 Å². The molecule has 2 rings (SSSR count). The fourth-order valence-corrected chi connectivity index (χ4v) is 2.27. The first-order valence-electron chi connectivity index (χ1n) is 8.48. The van der Waals surface area contributed by atoms with E-state index in [2.05, 4.69) is 4.98 Å². The Morgan fingerprint density at radius 3 is 2.56 bits per heavy atom. The molecule has 9 nitrogen and oxygen atoms in total. The minimum absolute atomic E-state index is 0.0226. The lowest BCUT2D eigenvalue weighted by molar-refractivity contribution is -0.386. The molecule has 1 aromatic heterocycles. The molecule has 1 aromatic carbocycles. The van der Waals surface area contributed by atoms with Crippen molar-refractivity contribution in [2.24, 2.45) is 0 Å². The average molecular weight is 375 g/mol. The molecule has 2 aromatic rings. The number of aromatic nitrogens is 2. The Hall–Kier alpha value is -3.36. The van der Waals surface area contributed by atoms with Crippen LogP contribution in [-0.2, 0) is 0 Å². The Morgan fingerprint density at radius 2 is 1.93 bits per heavy atom. The lowest BCUT2D eigenvalue weighted by Gasteiger charge is -2.16. The number of benzene rings is 1. The van der Waals surface area contributed by atoms with Crippen molar-refractivity contribution in [3.8, 4) is 11.5 Å². The highest BCUT2D eigenvalue weighted by molar-refractivity contribution is 5.72. The first kappa shape index (κ1) is 20.0. The molecule has 0 fully saturated rings. The zero-order valence-corrected chi connectivity index (χ0v) is 15.3. The summed E-state index contributed by atoms with van der Waals surface area (Å²) in [7, 11) is 0. The molecule has 0 radical (unpaired) electrons. The average Bonchev–Trinajstić information content (AvgIpc) is 2.60. The molecule has 0 aliphatic heterocycles.